The van der Waals surface area contributed by atoms with E-state index in [4.69, 9.17) is 14.6 Å². The van der Waals surface area contributed by atoms with Crippen LogP contribution in [0, 0.1) is 0 Å². The number of ether oxygens (including phenoxy) is 2. The van der Waals surface area contributed by atoms with Crippen molar-refractivity contribution in [2.24, 2.45) is 0 Å². The van der Waals surface area contributed by atoms with Gasteiger partial charge in [-0.15, -0.1) is 0 Å². The van der Waals surface area contributed by atoms with Crippen LogP contribution in [0.25, 0.3) is 0 Å². The SMILES string of the molecule is CCCCCCC=CC=CCCCCCCCC(=O)OCC(O)COC(=O)c1cccc(C(=O)O)c1. The number of hydrogen-bond acceptors (Lipinski definition) is 6. The minimum atomic E-state index is -1.15. The second kappa shape index (κ2) is 20.3. The van der Waals surface area contributed by atoms with Gasteiger partial charge >= 0.3 is 17.9 Å². The number of aliphatic hydroxyl groups excluding tert-OH is 1. The molecule has 0 amide bonds. The van der Waals surface area contributed by atoms with E-state index in [1.165, 1.54) is 49.9 Å². The van der Waals surface area contributed by atoms with Crippen LogP contribution in [0.1, 0.15) is 105 Å². The molecular formula is C29H42O7. The number of aromatic carboxylic acids is 1. The van der Waals surface area contributed by atoms with Gasteiger partial charge in [0.15, 0.2) is 0 Å². The molecular weight excluding hydrogens is 460 g/mol. The van der Waals surface area contributed by atoms with Gasteiger partial charge in [0.1, 0.15) is 19.3 Å². The molecule has 1 atom stereocenters. The molecule has 2 N–H and O–H groups in total. The number of benzene rings is 1. The second-order valence-corrected chi connectivity index (χ2v) is 8.83. The lowest BCUT2D eigenvalue weighted by atomic mass is 10.1. The fourth-order valence-corrected chi connectivity index (χ4v) is 3.44. The number of hydrogen-bond donors (Lipinski definition) is 2. The molecule has 0 saturated heterocycles. The van der Waals surface area contributed by atoms with E-state index in [-0.39, 0.29) is 36.7 Å². The van der Waals surface area contributed by atoms with Crippen molar-refractivity contribution >= 4 is 17.9 Å². The molecule has 1 unspecified atom stereocenters. The van der Waals surface area contributed by atoms with Crippen LogP contribution in [0.4, 0.5) is 0 Å². The van der Waals surface area contributed by atoms with Crippen LogP contribution >= 0.6 is 0 Å². The molecule has 200 valence electrons. The maximum Gasteiger partial charge on any atom is 0.338 e. The van der Waals surface area contributed by atoms with E-state index < -0.39 is 18.0 Å². The summed E-state index contributed by atoms with van der Waals surface area (Å²) in [6.07, 6.45) is 20.3. The standard InChI is InChI=1S/C29H42O7/c1-2-3-4-5-6-7-8-9-10-11-12-13-14-15-16-20-27(31)35-22-26(30)23-36-29(34)25-19-17-18-24(21-25)28(32)33/h7-10,17-19,21,26,30H,2-6,11-16,20,22-23H2,1H3,(H,32,33). The average Bonchev–Trinajstić information content (AvgIpc) is 2.88. The first-order valence-electron chi connectivity index (χ1n) is 13.1. The third-order valence-electron chi connectivity index (χ3n) is 5.55. The minimum Gasteiger partial charge on any atom is -0.478 e. The number of rotatable bonds is 20. The van der Waals surface area contributed by atoms with Gasteiger partial charge < -0.3 is 19.7 Å². The molecule has 1 rings (SSSR count). The van der Waals surface area contributed by atoms with E-state index >= 15 is 0 Å². The van der Waals surface area contributed by atoms with Crippen LogP contribution < -0.4 is 0 Å². The first-order chi connectivity index (χ1) is 17.4. The summed E-state index contributed by atoms with van der Waals surface area (Å²) in [5, 5.41) is 18.9. The highest BCUT2D eigenvalue weighted by molar-refractivity contribution is 5.94. The molecule has 1 aromatic carbocycles. The Morgan fingerprint density at radius 1 is 0.833 bits per heavy atom. The maximum atomic E-state index is 12.0. The van der Waals surface area contributed by atoms with Crippen molar-refractivity contribution in [1.82, 2.24) is 0 Å². The summed E-state index contributed by atoms with van der Waals surface area (Å²) in [7, 11) is 0. The molecule has 0 radical (unpaired) electrons. The average molecular weight is 503 g/mol. The highest BCUT2D eigenvalue weighted by Gasteiger charge is 2.14. The smallest absolute Gasteiger partial charge is 0.338 e. The van der Waals surface area contributed by atoms with Crippen LogP contribution in [-0.4, -0.2) is 47.4 Å². The van der Waals surface area contributed by atoms with Gasteiger partial charge in [0.25, 0.3) is 0 Å². The Bertz CT molecular complexity index is 829. The molecule has 0 heterocycles. The van der Waals surface area contributed by atoms with Crippen molar-refractivity contribution in [2.75, 3.05) is 13.2 Å². The van der Waals surface area contributed by atoms with E-state index in [9.17, 15) is 19.5 Å². The summed E-state index contributed by atoms with van der Waals surface area (Å²) in [5.74, 6) is -2.30. The van der Waals surface area contributed by atoms with E-state index in [0.717, 1.165) is 44.9 Å². The number of carbonyl (C=O) groups is 3. The summed E-state index contributed by atoms with van der Waals surface area (Å²) in [6, 6.07) is 5.42. The summed E-state index contributed by atoms with van der Waals surface area (Å²) >= 11 is 0. The van der Waals surface area contributed by atoms with Gasteiger partial charge in [-0.1, -0.05) is 75.8 Å². The van der Waals surface area contributed by atoms with Gasteiger partial charge in [-0.05, 0) is 50.3 Å². The van der Waals surface area contributed by atoms with Crippen LogP contribution in [0.15, 0.2) is 48.6 Å². The fraction of sp³-hybridized carbons (Fsp3) is 0.552. The van der Waals surface area contributed by atoms with Crippen LogP contribution in [0.5, 0.6) is 0 Å². The number of aliphatic hydroxyl groups is 1. The molecule has 0 spiro atoms. The van der Waals surface area contributed by atoms with Crippen LogP contribution in [0.3, 0.4) is 0 Å². The molecule has 0 aliphatic carbocycles. The largest absolute Gasteiger partial charge is 0.478 e. The normalized spacial score (nSPS) is 12.2. The first-order valence-corrected chi connectivity index (χ1v) is 13.1. The number of allylic oxidation sites excluding steroid dienone is 4. The van der Waals surface area contributed by atoms with Gasteiger partial charge in [-0.2, -0.15) is 0 Å². The van der Waals surface area contributed by atoms with E-state index in [1.54, 1.807) is 0 Å². The zero-order chi connectivity index (χ0) is 26.4. The van der Waals surface area contributed by atoms with Crippen LogP contribution in [-0.2, 0) is 14.3 Å². The predicted molar refractivity (Wildman–Crippen MR) is 140 cm³/mol. The quantitative estimate of drug-likeness (QED) is 0.123. The number of carboxylic acids is 1. The predicted octanol–water partition coefficient (Wildman–Crippen LogP) is 6.26. The lowest BCUT2D eigenvalue weighted by Gasteiger charge is -2.12. The fourth-order valence-electron chi connectivity index (χ4n) is 3.44. The Hall–Kier alpha value is -2.93. The Balaban J connectivity index is 2.02. The highest BCUT2D eigenvalue weighted by atomic mass is 16.6. The summed E-state index contributed by atoms with van der Waals surface area (Å²) in [6.45, 7) is 1.61. The molecule has 7 nitrogen and oxygen atoms in total. The lowest BCUT2D eigenvalue weighted by Crippen LogP contribution is -2.25. The Labute approximate surface area is 215 Å². The molecule has 0 aliphatic rings. The van der Waals surface area contributed by atoms with Gasteiger partial charge in [0, 0.05) is 6.42 Å². The number of carboxylic acid groups (broad SMARTS) is 1. The molecule has 0 aromatic heterocycles. The van der Waals surface area contributed by atoms with Crippen molar-refractivity contribution < 1.29 is 34.1 Å². The molecule has 0 fully saturated rings. The summed E-state index contributed by atoms with van der Waals surface area (Å²) in [4.78, 5) is 34.8. The topological polar surface area (TPSA) is 110 Å². The van der Waals surface area contributed by atoms with E-state index in [0.29, 0.717) is 0 Å². The van der Waals surface area contributed by atoms with E-state index in [1.807, 2.05) is 0 Å². The summed E-state index contributed by atoms with van der Waals surface area (Å²) < 4.78 is 10.0. The number of esters is 2. The molecule has 0 saturated carbocycles. The first kappa shape index (κ1) is 31.1. The van der Waals surface area contributed by atoms with Crippen molar-refractivity contribution in [2.45, 2.75) is 90.1 Å². The molecule has 36 heavy (non-hydrogen) atoms. The van der Waals surface area contributed by atoms with Crippen molar-refractivity contribution in [3.05, 3.63) is 59.7 Å². The lowest BCUT2D eigenvalue weighted by molar-refractivity contribution is -0.147. The van der Waals surface area contributed by atoms with Crippen LogP contribution in [0.2, 0.25) is 0 Å². The summed E-state index contributed by atoms with van der Waals surface area (Å²) in [5.41, 5.74) is 0.0344. The van der Waals surface area contributed by atoms with Gasteiger partial charge in [0.05, 0.1) is 11.1 Å². The number of carbonyl (C=O) groups excluding carboxylic acids is 2. The van der Waals surface area contributed by atoms with Gasteiger partial charge in [-0.3, -0.25) is 4.79 Å². The molecule has 1 aromatic rings. The van der Waals surface area contributed by atoms with Crippen molar-refractivity contribution in [1.29, 1.82) is 0 Å². The maximum absolute atomic E-state index is 12.0. The third-order valence-corrected chi connectivity index (χ3v) is 5.55. The second-order valence-electron chi connectivity index (χ2n) is 8.83. The zero-order valence-electron chi connectivity index (χ0n) is 21.5. The van der Waals surface area contributed by atoms with Crippen molar-refractivity contribution in [3.63, 3.8) is 0 Å². The molecule has 7 heteroatoms. The molecule has 0 bridgehead atoms. The Morgan fingerprint density at radius 2 is 1.42 bits per heavy atom. The van der Waals surface area contributed by atoms with Crippen molar-refractivity contribution in [3.8, 4) is 0 Å². The molecule has 0 aliphatic heterocycles. The Kier molecular flexibility index (Phi) is 17.5. The third kappa shape index (κ3) is 15.9. The monoisotopic (exact) mass is 502 g/mol. The number of unbranched alkanes of at least 4 members (excludes halogenated alkanes) is 9. The minimum absolute atomic E-state index is 0.0352. The van der Waals surface area contributed by atoms with Gasteiger partial charge in [0.2, 0.25) is 0 Å². The van der Waals surface area contributed by atoms with Gasteiger partial charge in [-0.25, -0.2) is 9.59 Å². The zero-order valence-corrected chi connectivity index (χ0v) is 21.5. The highest BCUT2D eigenvalue weighted by Crippen LogP contribution is 2.10. The van der Waals surface area contributed by atoms with E-state index in [2.05, 4.69) is 31.2 Å². The Morgan fingerprint density at radius 3 is 2.08 bits per heavy atom.